The fraction of sp³-hybridized carbons (Fsp3) is 0.300. The Morgan fingerprint density at radius 1 is 1.50 bits per heavy atom. The number of benzene rings is 1. The molecule has 16 heavy (non-hydrogen) atoms. The van der Waals surface area contributed by atoms with Gasteiger partial charge in [0.15, 0.2) is 11.6 Å². The van der Waals surface area contributed by atoms with E-state index in [1.807, 2.05) is 0 Å². The molecule has 0 aromatic heterocycles. The maximum Gasteiger partial charge on any atom is 0.406 e. The van der Waals surface area contributed by atoms with Crippen LogP contribution in [0.2, 0.25) is 5.02 Å². The summed E-state index contributed by atoms with van der Waals surface area (Å²) in [6, 6.07) is 4.23. The fourth-order valence-corrected chi connectivity index (χ4v) is 1.19. The van der Waals surface area contributed by atoms with Crippen LogP contribution in [0.4, 0.5) is 9.18 Å². The molecule has 0 saturated carbocycles. The van der Waals surface area contributed by atoms with Crippen LogP contribution in [0.5, 0.6) is 5.75 Å². The third-order valence-corrected chi connectivity index (χ3v) is 1.98. The number of carbonyl (C=O) groups is 1. The molecule has 1 rings (SSSR count). The Bertz CT molecular complexity index is 353. The highest BCUT2D eigenvalue weighted by Crippen LogP contribution is 2.26. The van der Waals surface area contributed by atoms with Crippen molar-refractivity contribution in [3.63, 3.8) is 0 Å². The van der Waals surface area contributed by atoms with Crippen LogP contribution in [-0.4, -0.2) is 26.4 Å². The first-order chi connectivity index (χ1) is 7.65. The van der Waals surface area contributed by atoms with Crippen molar-refractivity contribution in [2.24, 2.45) is 0 Å². The van der Waals surface area contributed by atoms with Crippen LogP contribution in [0.1, 0.15) is 0 Å². The standard InChI is InChI=1S/C10H11ClFNO3/c1-13-10(14)16-6-5-15-9-7(11)3-2-4-8(9)12/h2-4H,5-6H2,1H3,(H,13,14). The average Bonchev–Trinajstić information content (AvgIpc) is 2.27. The van der Waals surface area contributed by atoms with E-state index < -0.39 is 11.9 Å². The molecule has 0 atom stereocenters. The van der Waals surface area contributed by atoms with Crippen molar-refractivity contribution in [1.82, 2.24) is 5.32 Å². The van der Waals surface area contributed by atoms with Crippen LogP contribution in [-0.2, 0) is 4.74 Å². The molecule has 0 heterocycles. The zero-order chi connectivity index (χ0) is 12.0. The SMILES string of the molecule is CNC(=O)OCCOc1c(F)cccc1Cl. The van der Waals surface area contributed by atoms with Gasteiger partial charge in [-0.3, -0.25) is 0 Å². The lowest BCUT2D eigenvalue weighted by molar-refractivity contribution is 0.126. The van der Waals surface area contributed by atoms with Gasteiger partial charge in [-0.15, -0.1) is 0 Å². The van der Waals surface area contributed by atoms with Crippen molar-refractivity contribution in [2.75, 3.05) is 20.3 Å². The summed E-state index contributed by atoms with van der Waals surface area (Å²) in [7, 11) is 1.44. The maximum absolute atomic E-state index is 13.2. The van der Waals surface area contributed by atoms with E-state index in [2.05, 4.69) is 10.1 Å². The fourth-order valence-electron chi connectivity index (χ4n) is 0.971. The number of halogens is 2. The predicted molar refractivity (Wildman–Crippen MR) is 57.3 cm³/mol. The van der Waals surface area contributed by atoms with Crippen molar-refractivity contribution in [1.29, 1.82) is 0 Å². The molecule has 1 amide bonds. The van der Waals surface area contributed by atoms with E-state index in [9.17, 15) is 9.18 Å². The summed E-state index contributed by atoms with van der Waals surface area (Å²) in [5.74, 6) is -0.586. The smallest absolute Gasteiger partial charge is 0.406 e. The predicted octanol–water partition coefficient (Wildman–Crippen LogP) is 2.21. The Morgan fingerprint density at radius 2 is 2.25 bits per heavy atom. The van der Waals surface area contributed by atoms with E-state index >= 15 is 0 Å². The lowest BCUT2D eigenvalue weighted by atomic mass is 10.3. The molecule has 6 heteroatoms. The number of para-hydroxylation sites is 1. The number of ether oxygens (including phenoxy) is 2. The Labute approximate surface area is 97.3 Å². The molecule has 0 aliphatic carbocycles. The number of carbonyl (C=O) groups excluding carboxylic acids is 1. The van der Waals surface area contributed by atoms with Crippen molar-refractivity contribution in [3.8, 4) is 5.75 Å². The van der Waals surface area contributed by atoms with Gasteiger partial charge >= 0.3 is 6.09 Å². The molecular formula is C10H11ClFNO3. The number of rotatable bonds is 4. The summed E-state index contributed by atoms with van der Waals surface area (Å²) < 4.78 is 22.9. The van der Waals surface area contributed by atoms with Crippen LogP contribution in [0, 0.1) is 5.82 Å². The molecule has 0 bridgehead atoms. The average molecular weight is 248 g/mol. The highest BCUT2D eigenvalue weighted by Gasteiger charge is 2.07. The Morgan fingerprint density at radius 3 is 2.88 bits per heavy atom. The van der Waals surface area contributed by atoms with Gasteiger partial charge in [-0.25, -0.2) is 9.18 Å². The molecule has 1 N–H and O–H groups in total. The molecule has 0 saturated heterocycles. The van der Waals surface area contributed by atoms with E-state index in [4.69, 9.17) is 16.3 Å². The van der Waals surface area contributed by atoms with Crippen LogP contribution >= 0.6 is 11.6 Å². The lowest BCUT2D eigenvalue weighted by Gasteiger charge is -2.08. The van der Waals surface area contributed by atoms with Crippen LogP contribution in [0.3, 0.4) is 0 Å². The summed E-state index contributed by atoms with van der Waals surface area (Å²) in [4.78, 5) is 10.7. The first-order valence-corrected chi connectivity index (χ1v) is 4.94. The molecule has 0 unspecified atom stereocenters. The number of nitrogens with one attached hydrogen (secondary N) is 1. The number of hydrogen-bond donors (Lipinski definition) is 1. The minimum absolute atomic E-state index is 0.0182. The molecule has 88 valence electrons. The molecular weight excluding hydrogens is 237 g/mol. The van der Waals surface area contributed by atoms with E-state index in [0.717, 1.165) is 0 Å². The Hall–Kier alpha value is -1.49. The molecule has 1 aromatic rings. The second-order valence-electron chi connectivity index (χ2n) is 2.79. The largest absolute Gasteiger partial charge is 0.485 e. The van der Waals surface area contributed by atoms with Crippen molar-refractivity contribution >= 4 is 17.7 Å². The van der Waals surface area contributed by atoms with Crippen LogP contribution in [0.25, 0.3) is 0 Å². The lowest BCUT2D eigenvalue weighted by Crippen LogP contribution is -2.21. The van der Waals surface area contributed by atoms with Crippen molar-refractivity contribution in [3.05, 3.63) is 29.0 Å². The molecule has 0 spiro atoms. The molecule has 0 aliphatic heterocycles. The Balaban J connectivity index is 2.40. The van der Waals surface area contributed by atoms with E-state index in [0.29, 0.717) is 0 Å². The van der Waals surface area contributed by atoms with Gasteiger partial charge in [0.05, 0.1) is 5.02 Å². The van der Waals surface area contributed by atoms with Crippen molar-refractivity contribution in [2.45, 2.75) is 0 Å². The maximum atomic E-state index is 13.2. The van der Waals surface area contributed by atoms with Crippen molar-refractivity contribution < 1.29 is 18.7 Å². The zero-order valence-electron chi connectivity index (χ0n) is 8.63. The minimum atomic E-state index is -0.566. The van der Waals surface area contributed by atoms with Gasteiger partial charge < -0.3 is 14.8 Å². The molecule has 0 aliphatic rings. The van der Waals surface area contributed by atoms with Gasteiger partial charge in [0.1, 0.15) is 13.2 Å². The topological polar surface area (TPSA) is 47.6 Å². The molecule has 0 fully saturated rings. The minimum Gasteiger partial charge on any atom is -0.485 e. The third-order valence-electron chi connectivity index (χ3n) is 1.69. The highest BCUT2D eigenvalue weighted by molar-refractivity contribution is 6.32. The van der Waals surface area contributed by atoms with Gasteiger partial charge in [-0.2, -0.15) is 0 Å². The van der Waals surface area contributed by atoms with Gasteiger partial charge in [-0.05, 0) is 12.1 Å². The van der Waals surface area contributed by atoms with Gasteiger partial charge in [-0.1, -0.05) is 17.7 Å². The number of alkyl carbamates (subject to hydrolysis) is 1. The summed E-state index contributed by atoms with van der Waals surface area (Å²) in [6.45, 7) is 0.0540. The summed E-state index contributed by atoms with van der Waals surface area (Å²) in [6.07, 6.45) is -0.566. The highest BCUT2D eigenvalue weighted by atomic mass is 35.5. The first kappa shape index (κ1) is 12.6. The van der Waals surface area contributed by atoms with Crippen LogP contribution < -0.4 is 10.1 Å². The molecule has 0 radical (unpaired) electrons. The quantitative estimate of drug-likeness (QED) is 0.830. The normalized spacial score (nSPS) is 9.69. The zero-order valence-corrected chi connectivity index (χ0v) is 9.38. The molecule has 4 nitrogen and oxygen atoms in total. The first-order valence-electron chi connectivity index (χ1n) is 4.56. The van der Waals surface area contributed by atoms with E-state index in [-0.39, 0.29) is 24.0 Å². The second kappa shape index (κ2) is 6.17. The summed E-state index contributed by atoms with van der Waals surface area (Å²) in [5.41, 5.74) is 0. The summed E-state index contributed by atoms with van der Waals surface area (Å²) in [5, 5.41) is 2.45. The van der Waals surface area contributed by atoms with E-state index in [1.54, 1.807) is 0 Å². The number of amides is 1. The second-order valence-corrected chi connectivity index (χ2v) is 3.19. The van der Waals surface area contributed by atoms with Gasteiger partial charge in [0.25, 0.3) is 0 Å². The Kier molecular flexibility index (Phi) is 4.85. The van der Waals surface area contributed by atoms with Crippen LogP contribution in [0.15, 0.2) is 18.2 Å². The summed E-state index contributed by atoms with van der Waals surface area (Å²) >= 11 is 5.71. The van der Waals surface area contributed by atoms with E-state index in [1.165, 1.54) is 25.2 Å². The number of hydrogen-bond acceptors (Lipinski definition) is 3. The monoisotopic (exact) mass is 247 g/mol. The molecule has 1 aromatic carbocycles. The third kappa shape index (κ3) is 3.58. The van der Waals surface area contributed by atoms with Gasteiger partial charge in [0, 0.05) is 7.05 Å². The van der Waals surface area contributed by atoms with Gasteiger partial charge in [0.2, 0.25) is 0 Å².